The Morgan fingerprint density at radius 2 is 1.58 bits per heavy atom. The molecule has 0 fully saturated rings. The number of halogens is 3. The largest absolute Gasteiger partial charge is 0.467 e. The van der Waals surface area contributed by atoms with Crippen LogP contribution in [-0.2, 0) is 12.3 Å². The van der Waals surface area contributed by atoms with E-state index in [1.807, 2.05) is 71.3 Å². The summed E-state index contributed by atoms with van der Waals surface area (Å²) in [6.07, 6.45) is 1.58. The number of furan rings is 1. The summed E-state index contributed by atoms with van der Waals surface area (Å²) in [5.74, 6) is -1.86. The quantitative estimate of drug-likeness (QED) is 0.159. The molecule has 0 N–H and O–H groups in total. The second kappa shape index (κ2) is 10.2. The molecule has 0 saturated heterocycles. The number of para-hydroxylation sites is 1. The smallest absolute Gasteiger partial charge is 0.192 e. The van der Waals surface area contributed by atoms with E-state index < -0.39 is 17.5 Å². The molecular weight excluding hydrogens is 509 g/mol. The standard InChI is InChI=1S/C29H19F3N4OS/c30-23-15-25(32)24(31)13-19(23)17-38-29-35-34-28(36(29)16-20-9-6-12-37-20)22-14-27(18-7-2-1-3-8-18)33-26-11-5-4-10-21(22)26/h1-15H,16-17H2. The highest BCUT2D eigenvalue weighted by atomic mass is 32.2. The first kappa shape index (κ1) is 24.0. The normalized spacial score (nSPS) is 11.3. The Bertz CT molecular complexity index is 1740. The minimum Gasteiger partial charge on any atom is -0.467 e. The third-order valence-corrected chi connectivity index (χ3v) is 7.10. The maximum atomic E-state index is 14.3. The van der Waals surface area contributed by atoms with Gasteiger partial charge in [0.1, 0.15) is 11.6 Å². The molecule has 0 radical (unpaired) electrons. The minimum absolute atomic E-state index is 0.0312. The van der Waals surface area contributed by atoms with E-state index in [9.17, 15) is 13.2 Å². The van der Waals surface area contributed by atoms with Gasteiger partial charge in [-0.1, -0.05) is 60.3 Å². The van der Waals surface area contributed by atoms with E-state index in [1.54, 1.807) is 12.3 Å². The molecule has 0 aliphatic carbocycles. The lowest BCUT2D eigenvalue weighted by Gasteiger charge is -2.12. The fraction of sp³-hybridized carbons (Fsp3) is 0.0690. The molecule has 0 atom stereocenters. The maximum Gasteiger partial charge on any atom is 0.192 e. The van der Waals surface area contributed by atoms with Crippen molar-refractivity contribution in [1.82, 2.24) is 19.7 Å². The molecule has 38 heavy (non-hydrogen) atoms. The van der Waals surface area contributed by atoms with E-state index in [-0.39, 0.29) is 11.3 Å². The number of benzene rings is 3. The fourth-order valence-electron chi connectivity index (χ4n) is 4.23. The van der Waals surface area contributed by atoms with E-state index in [1.165, 1.54) is 11.8 Å². The summed E-state index contributed by atoms with van der Waals surface area (Å²) in [7, 11) is 0. The van der Waals surface area contributed by atoms with Crippen molar-refractivity contribution in [3.8, 4) is 22.6 Å². The van der Waals surface area contributed by atoms with Crippen LogP contribution in [0.2, 0.25) is 0 Å². The highest BCUT2D eigenvalue weighted by Gasteiger charge is 2.20. The Kier molecular flexibility index (Phi) is 6.43. The van der Waals surface area contributed by atoms with Gasteiger partial charge in [-0.2, -0.15) is 0 Å². The number of pyridine rings is 1. The van der Waals surface area contributed by atoms with E-state index in [0.717, 1.165) is 33.8 Å². The summed E-state index contributed by atoms with van der Waals surface area (Å²) in [6.45, 7) is 0.315. The van der Waals surface area contributed by atoms with Crippen LogP contribution in [0.15, 0.2) is 101 Å². The van der Waals surface area contributed by atoms with E-state index in [0.29, 0.717) is 29.4 Å². The van der Waals surface area contributed by atoms with Crippen LogP contribution >= 0.6 is 11.8 Å². The molecular formula is C29H19F3N4OS. The second-order valence-electron chi connectivity index (χ2n) is 8.56. The van der Waals surface area contributed by atoms with Crippen molar-refractivity contribution in [2.75, 3.05) is 0 Å². The van der Waals surface area contributed by atoms with Gasteiger partial charge in [0.05, 0.1) is 24.0 Å². The van der Waals surface area contributed by atoms with Gasteiger partial charge in [-0.25, -0.2) is 18.2 Å². The molecule has 3 heterocycles. The van der Waals surface area contributed by atoms with E-state index in [2.05, 4.69) is 10.2 Å². The number of nitrogens with zero attached hydrogens (tertiary/aromatic N) is 4. The Hall–Kier alpha value is -4.37. The maximum absolute atomic E-state index is 14.3. The first-order chi connectivity index (χ1) is 18.6. The molecule has 0 aliphatic heterocycles. The third-order valence-electron chi connectivity index (χ3n) is 6.08. The average Bonchev–Trinajstić information content (AvgIpc) is 3.60. The van der Waals surface area contributed by atoms with Crippen molar-refractivity contribution in [1.29, 1.82) is 0 Å². The van der Waals surface area contributed by atoms with E-state index >= 15 is 0 Å². The zero-order chi connectivity index (χ0) is 26.1. The highest BCUT2D eigenvalue weighted by molar-refractivity contribution is 7.98. The van der Waals surface area contributed by atoms with Crippen molar-refractivity contribution in [2.24, 2.45) is 0 Å². The number of hydrogen-bond acceptors (Lipinski definition) is 5. The van der Waals surface area contributed by atoms with Gasteiger partial charge in [-0.05, 0) is 30.3 Å². The van der Waals surface area contributed by atoms with Crippen molar-refractivity contribution in [3.05, 3.63) is 120 Å². The van der Waals surface area contributed by atoms with Crippen molar-refractivity contribution in [3.63, 3.8) is 0 Å². The van der Waals surface area contributed by atoms with Crippen LogP contribution in [0.5, 0.6) is 0 Å². The number of fused-ring (bicyclic) bond motifs is 1. The van der Waals surface area contributed by atoms with Crippen molar-refractivity contribution >= 4 is 22.7 Å². The highest BCUT2D eigenvalue weighted by Crippen LogP contribution is 2.34. The molecule has 188 valence electrons. The van der Waals surface area contributed by atoms with Gasteiger partial charge in [-0.3, -0.25) is 4.57 Å². The fourth-order valence-corrected chi connectivity index (χ4v) is 5.14. The molecule has 5 nitrogen and oxygen atoms in total. The van der Waals surface area contributed by atoms with Gasteiger partial charge in [0.25, 0.3) is 0 Å². The van der Waals surface area contributed by atoms with Crippen LogP contribution in [0.4, 0.5) is 13.2 Å². The van der Waals surface area contributed by atoms with Gasteiger partial charge >= 0.3 is 0 Å². The number of thioether (sulfide) groups is 1. The van der Waals surface area contributed by atoms with E-state index in [4.69, 9.17) is 9.40 Å². The lowest BCUT2D eigenvalue weighted by Crippen LogP contribution is -2.04. The second-order valence-corrected chi connectivity index (χ2v) is 9.50. The van der Waals surface area contributed by atoms with Crippen LogP contribution in [0.3, 0.4) is 0 Å². The SMILES string of the molecule is Fc1cc(F)c(CSc2nnc(-c3cc(-c4ccccc4)nc4ccccc34)n2Cc2ccco2)cc1F. The lowest BCUT2D eigenvalue weighted by molar-refractivity contribution is 0.485. The van der Waals surface area contributed by atoms with Crippen LogP contribution in [0.1, 0.15) is 11.3 Å². The zero-order valence-corrected chi connectivity index (χ0v) is 20.6. The third kappa shape index (κ3) is 4.68. The topological polar surface area (TPSA) is 56.7 Å². The Morgan fingerprint density at radius 1 is 0.789 bits per heavy atom. The molecule has 3 aromatic heterocycles. The van der Waals surface area contributed by atoms with Crippen molar-refractivity contribution < 1.29 is 17.6 Å². The van der Waals surface area contributed by atoms with Crippen LogP contribution in [0.25, 0.3) is 33.5 Å². The predicted molar refractivity (Wildman–Crippen MR) is 140 cm³/mol. The van der Waals surface area contributed by atoms with Gasteiger partial charge in [0.2, 0.25) is 0 Å². The average molecular weight is 529 g/mol. The summed E-state index contributed by atoms with van der Waals surface area (Å²) in [4.78, 5) is 4.86. The summed E-state index contributed by atoms with van der Waals surface area (Å²) in [5, 5.41) is 10.3. The van der Waals surface area contributed by atoms with Crippen LogP contribution in [-0.4, -0.2) is 19.7 Å². The first-order valence-corrected chi connectivity index (χ1v) is 12.7. The number of rotatable bonds is 7. The molecule has 6 rings (SSSR count). The number of hydrogen-bond donors (Lipinski definition) is 0. The monoisotopic (exact) mass is 528 g/mol. The molecule has 0 saturated carbocycles. The lowest BCUT2D eigenvalue weighted by atomic mass is 10.0. The summed E-state index contributed by atoms with van der Waals surface area (Å²) < 4.78 is 48.9. The molecule has 0 unspecified atom stereocenters. The molecule has 0 amide bonds. The van der Waals surface area contributed by atoms with Crippen LogP contribution < -0.4 is 0 Å². The Balaban J connectivity index is 1.46. The minimum atomic E-state index is -1.22. The summed E-state index contributed by atoms with van der Waals surface area (Å²) in [6, 6.07) is 24.7. The van der Waals surface area contributed by atoms with Crippen molar-refractivity contribution in [2.45, 2.75) is 17.5 Å². The molecule has 9 heteroatoms. The predicted octanol–water partition coefficient (Wildman–Crippen LogP) is 7.51. The Labute approximate surface area is 220 Å². The molecule has 0 spiro atoms. The molecule has 6 aromatic rings. The van der Waals surface area contributed by atoms with Gasteiger partial charge < -0.3 is 4.42 Å². The van der Waals surface area contributed by atoms with Crippen LogP contribution in [0, 0.1) is 17.5 Å². The molecule has 0 bridgehead atoms. The van der Waals surface area contributed by atoms with Gasteiger partial charge in [0.15, 0.2) is 22.6 Å². The zero-order valence-electron chi connectivity index (χ0n) is 19.8. The Morgan fingerprint density at radius 3 is 2.39 bits per heavy atom. The van der Waals surface area contributed by atoms with Gasteiger partial charge in [0, 0.05) is 33.9 Å². The van der Waals surface area contributed by atoms with Gasteiger partial charge in [-0.15, -0.1) is 10.2 Å². The number of aromatic nitrogens is 4. The summed E-state index contributed by atoms with van der Waals surface area (Å²) >= 11 is 1.18. The molecule has 0 aliphatic rings. The molecule has 3 aromatic carbocycles. The first-order valence-electron chi connectivity index (χ1n) is 11.7. The summed E-state index contributed by atoms with van der Waals surface area (Å²) in [5.41, 5.74) is 3.39.